The molecule has 1 aromatic carbocycles. The Morgan fingerprint density at radius 1 is 1.10 bits per heavy atom. The summed E-state index contributed by atoms with van der Waals surface area (Å²) in [5.74, 6) is 1.37. The number of aryl methyl sites for hydroxylation is 1. The van der Waals surface area contributed by atoms with Gasteiger partial charge in [-0.1, -0.05) is 0 Å². The van der Waals surface area contributed by atoms with Crippen LogP contribution in [-0.4, -0.2) is 62.2 Å². The van der Waals surface area contributed by atoms with Gasteiger partial charge < -0.3 is 29.6 Å². The van der Waals surface area contributed by atoms with Gasteiger partial charge in [0, 0.05) is 43.1 Å². The van der Waals surface area contributed by atoms with Crippen molar-refractivity contribution in [3.8, 4) is 0 Å². The van der Waals surface area contributed by atoms with Gasteiger partial charge in [-0.15, -0.1) is 0 Å². The zero-order chi connectivity index (χ0) is 27.7. The maximum Gasteiger partial charge on any atom is 0.417 e. The molecule has 1 amide bonds. The second kappa shape index (κ2) is 10.3. The lowest BCUT2D eigenvalue weighted by atomic mass is 10.2. The highest BCUT2D eigenvalue weighted by atomic mass is 16.6. The smallest absolute Gasteiger partial charge is 0.417 e. The van der Waals surface area contributed by atoms with Gasteiger partial charge in [-0.3, -0.25) is 4.98 Å². The molecular formula is C27H32N8O4. The molecule has 0 saturated carbocycles. The number of amides is 1. The van der Waals surface area contributed by atoms with Gasteiger partial charge >= 0.3 is 11.8 Å². The maximum absolute atomic E-state index is 12.5. The normalized spacial score (nSPS) is 15.9. The van der Waals surface area contributed by atoms with Gasteiger partial charge in [-0.2, -0.15) is 4.98 Å². The molecule has 1 aliphatic heterocycles. The molecule has 0 spiro atoms. The first-order chi connectivity index (χ1) is 18.5. The summed E-state index contributed by atoms with van der Waals surface area (Å²) in [6, 6.07) is 9.17. The molecule has 0 unspecified atom stereocenters. The number of nitrogens with one attached hydrogen (secondary N) is 3. The van der Waals surface area contributed by atoms with E-state index in [9.17, 15) is 9.59 Å². The summed E-state index contributed by atoms with van der Waals surface area (Å²) in [6.45, 7) is 11.4. The summed E-state index contributed by atoms with van der Waals surface area (Å²) < 4.78 is 10.6. The third-order valence-electron chi connectivity index (χ3n) is 6.24. The van der Waals surface area contributed by atoms with Gasteiger partial charge in [-0.05, 0) is 65.0 Å². The molecule has 1 aliphatic rings. The molecule has 4 aromatic rings. The van der Waals surface area contributed by atoms with E-state index in [4.69, 9.17) is 9.15 Å². The standard InChI is InChI=1S/C27H32N8O4/c1-16-13-29-24(33-23(16)30-18-6-8-21-20(12-18)32-25(36)38-21)31-19-7-9-22(28-14-19)34-10-11-35(17(2)15-34)26(37)39-27(3,4)5/h6-9,12-14,17H,10-11,15H2,1-5H3,(H,32,36)(H2,29,30,31,33)/t17-/m0/s1. The fraction of sp³-hybridized carbons (Fsp3) is 0.370. The molecule has 0 radical (unpaired) electrons. The summed E-state index contributed by atoms with van der Waals surface area (Å²) in [5, 5.41) is 6.46. The van der Waals surface area contributed by atoms with E-state index in [0.29, 0.717) is 42.5 Å². The highest BCUT2D eigenvalue weighted by Crippen LogP contribution is 2.25. The Labute approximate surface area is 225 Å². The van der Waals surface area contributed by atoms with E-state index in [1.807, 2.05) is 52.8 Å². The summed E-state index contributed by atoms with van der Waals surface area (Å²) in [4.78, 5) is 44.1. The number of rotatable bonds is 5. The van der Waals surface area contributed by atoms with Crippen molar-refractivity contribution in [3.63, 3.8) is 0 Å². The van der Waals surface area contributed by atoms with Crippen LogP contribution in [0.2, 0.25) is 0 Å². The number of hydrogen-bond acceptors (Lipinski definition) is 10. The van der Waals surface area contributed by atoms with Crippen molar-refractivity contribution in [2.45, 2.75) is 46.3 Å². The van der Waals surface area contributed by atoms with Crippen molar-refractivity contribution >= 4 is 46.2 Å². The Kier molecular flexibility index (Phi) is 6.85. The zero-order valence-electron chi connectivity index (χ0n) is 22.6. The molecule has 4 heterocycles. The van der Waals surface area contributed by atoms with E-state index in [1.165, 1.54) is 0 Å². The average molecular weight is 533 g/mol. The minimum Gasteiger partial charge on any atom is -0.444 e. The Morgan fingerprint density at radius 2 is 1.90 bits per heavy atom. The summed E-state index contributed by atoms with van der Waals surface area (Å²) in [5.41, 5.74) is 2.91. The van der Waals surface area contributed by atoms with E-state index in [1.54, 1.807) is 29.4 Å². The van der Waals surface area contributed by atoms with E-state index in [0.717, 1.165) is 22.8 Å². The van der Waals surface area contributed by atoms with E-state index in [2.05, 4.69) is 35.5 Å². The van der Waals surface area contributed by atoms with Crippen LogP contribution in [0.4, 0.5) is 33.8 Å². The second-order valence-corrected chi connectivity index (χ2v) is 10.6. The molecule has 3 N–H and O–H groups in total. The molecule has 0 aliphatic carbocycles. The molecule has 39 heavy (non-hydrogen) atoms. The van der Waals surface area contributed by atoms with Crippen LogP contribution in [0, 0.1) is 6.92 Å². The molecule has 5 rings (SSSR count). The summed E-state index contributed by atoms with van der Waals surface area (Å²) >= 11 is 0. The molecule has 1 fully saturated rings. The lowest BCUT2D eigenvalue weighted by Crippen LogP contribution is -2.55. The van der Waals surface area contributed by atoms with Crippen LogP contribution in [0.15, 0.2) is 51.9 Å². The molecular weight excluding hydrogens is 500 g/mol. The minimum absolute atomic E-state index is 0.00505. The number of carbonyl (C=O) groups is 1. The number of fused-ring (bicyclic) bond motifs is 1. The van der Waals surface area contributed by atoms with Crippen molar-refractivity contribution in [1.29, 1.82) is 0 Å². The number of H-pyrrole nitrogens is 1. The highest BCUT2D eigenvalue weighted by molar-refractivity contribution is 5.78. The largest absolute Gasteiger partial charge is 0.444 e. The number of pyridine rings is 1. The Morgan fingerprint density at radius 3 is 2.62 bits per heavy atom. The van der Waals surface area contributed by atoms with Crippen LogP contribution in [0.3, 0.4) is 0 Å². The first kappa shape index (κ1) is 26.0. The highest BCUT2D eigenvalue weighted by Gasteiger charge is 2.31. The molecule has 12 nitrogen and oxygen atoms in total. The van der Waals surface area contributed by atoms with Crippen LogP contribution in [0.25, 0.3) is 11.1 Å². The van der Waals surface area contributed by atoms with Crippen LogP contribution in [-0.2, 0) is 4.74 Å². The summed E-state index contributed by atoms with van der Waals surface area (Å²) in [6.07, 6.45) is 3.18. The Balaban J connectivity index is 1.22. The third kappa shape index (κ3) is 6.11. The number of carbonyl (C=O) groups excluding carboxylic acids is 1. The van der Waals surface area contributed by atoms with Crippen molar-refractivity contribution in [1.82, 2.24) is 24.8 Å². The topological polar surface area (TPSA) is 142 Å². The molecule has 1 saturated heterocycles. The first-order valence-corrected chi connectivity index (χ1v) is 12.8. The predicted octanol–water partition coefficient (Wildman–Crippen LogP) is 4.55. The van der Waals surface area contributed by atoms with Gasteiger partial charge in [0.2, 0.25) is 5.95 Å². The first-order valence-electron chi connectivity index (χ1n) is 12.8. The van der Waals surface area contributed by atoms with Crippen molar-refractivity contribution in [2.24, 2.45) is 0 Å². The molecule has 1 atom stereocenters. The third-order valence-corrected chi connectivity index (χ3v) is 6.24. The quantitative estimate of drug-likeness (QED) is 0.335. The number of piperazine rings is 1. The summed E-state index contributed by atoms with van der Waals surface area (Å²) in [7, 11) is 0. The fourth-order valence-electron chi connectivity index (χ4n) is 4.33. The van der Waals surface area contributed by atoms with Crippen LogP contribution >= 0.6 is 0 Å². The van der Waals surface area contributed by atoms with Crippen molar-refractivity contribution < 1.29 is 13.9 Å². The number of aromatic nitrogens is 4. The van der Waals surface area contributed by atoms with Gasteiger partial charge in [0.25, 0.3) is 0 Å². The number of aromatic amines is 1. The monoisotopic (exact) mass is 532 g/mol. The Bertz CT molecular complexity index is 1540. The number of nitrogens with zero attached hydrogens (tertiary/aromatic N) is 5. The number of hydrogen-bond donors (Lipinski definition) is 3. The number of anilines is 5. The molecule has 0 bridgehead atoms. The fourth-order valence-corrected chi connectivity index (χ4v) is 4.33. The van der Waals surface area contributed by atoms with Crippen molar-refractivity contribution in [2.75, 3.05) is 35.2 Å². The van der Waals surface area contributed by atoms with Crippen molar-refractivity contribution in [3.05, 3.63) is 58.8 Å². The van der Waals surface area contributed by atoms with Gasteiger partial charge in [0.05, 0.1) is 17.4 Å². The average Bonchev–Trinajstić information content (AvgIpc) is 3.24. The van der Waals surface area contributed by atoms with E-state index in [-0.39, 0.29) is 12.1 Å². The van der Waals surface area contributed by atoms with Gasteiger partial charge in [0.1, 0.15) is 17.2 Å². The number of oxazole rings is 1. The minimum atomic E-state index is -0.521. The maximum atomic E-state index is 12.5. The lowest BCUT2D eigenvalue weighted by Gasteiger charge is -2.40. The molecule has 3 aromatic heterocycles. The van der Waals surface area contributed by atoms with E-state index < -0.39 is 11.4 Å². The van der Waals surface area contributed by atoms with Gasteiger partial charge in [-0.25, -0.2) is 19.6 Å². The number of benzene rings is 1. The van der Waals surface area contributed by atoms with E-state index >= 15 is 0 Å². The van der Waals surface area contributed by atoms with Crippen LogP contribution in [0.5, 0.6) is 0 Å². The number of ether oxygens (including phenoxy) is 1. The molecule has 12 heteroatoms. The SMILES string of the molecule is Cc1cnc(Nc2ccc(N3CCN(C(=O)OC(C)(C)C)[C@@H](C)C3)nc2)nc1Nc1ccc2oc(=O)[nH]c2c1. The van der Waals surface area contributed by atoms with Gasteiger partial charge in [0.15, 0.2) is 5.58 Å². The van der Waals surface area contributed by atoms with Crippen LogP contribution in [0.1, 0.15) is 33.3 Å². The molecule has 204 valence electrons. The lowest BCUT2D eigenvalue weighted by molar-refractivity contribution is 0.0158. The zero-order valence-corrected chi connectivity index (χ0v) is 22.6. The predicted molar refractivity (Wildman–Crippen MR) is 149 cm³/mol. The second-order valence-electron chi connectivity index (χ2n) is 10.6. The van der Waals surface area contributed by atoms with Crippen LogP contribution < -0.4 is 21.3 Å². The Hall–Kier alpha value is -4.61.